The van der Waals surface area contributed by atoms with Crippen LogP contribution in [0.25, 0.3) is 0 Å². The Kier molecular flexibility index (Phi) is 3.95. The zero-order valence-corrected chi connectivity index (χ0v) is 12.1. The average Bonchev–Trinajstić information content (AvgIpc) is 2.53. The first-order valence-corrected chi connectivity index (χ1v) is 7.75. The number of carbonyl (C=O) groups is 2. The van der Waals surface area contributed by atoms with E-state index in [9.17, 15) is 14.7 Å². The predicted molar refractivity (Wildman–Crippen MR) is 78.6 cm³/mol. The summed E-state index contributed by atoms with van der Waals surface area (Å²) in [5.41, 5.74) is 2.50. The fourth-order valence-corrected chi connectivity index (χ4v) is 3.64. The summed E-state index contributed by atoms with van der Waals surface area (Å²) in [7, 11) is 0. The molecule has 2 aliphatic rings. The van der Waals surface area contributed by atoms with Crippen molar-refractivity contribution in [2.24, 2.45) is 11.8 Å². The van der Waals surface area contributed by atoms with Gasteiger partial charge in [0.1, 0.15) is 0 Å². The standard InChI is InChI=1S/C17H21NO3/c19-16(14-7-3-4-8-15(14)17(20)21)18-10-9-12-5-1-2-6-13(12)11-18/h1-2,5-6,14-15H,3-4,7-11H2,(H,20,21)/t14?,15-/m0/s1. The first-order chi connectivity index (χ1) is 10.2. The van der Waals surface area contributed by atoms with E-state index < -0.39 is 11.9 Å². The molecule has 1 aliphatic carbocycles. The second kappa shape index (κ2) is 5.88. The maximum absolute atomic E-state index is 12.7. The van der Waals surface area contributed by atoms with Crippen molar-refractivity contribution in [2.75, 3.05) is 6.54 Å². The molecule has 0 bridgehead atoms. The Morgan fingerprint density at radius 1 is 1.05 bits per heavy atom. The summed E-state index contributed by atoms with van der Waals surface area (Å²) in [6.07, 6.45) is 4.10. The van der Waals surface area contributed by atoms with Crippen LogP contribution in [0.3, 0.4) is 0 Å². The van der Waals surface area contributed by atoms with Gasteiger partial charge in [-0.1, -0.05) is 37.1 Å². The summed E-state index contributed by atoms with van der Waals surface area (Å²) in [4.78, 5) is 26.0. The third-order valence-corrected chi connectivity index (χ3v) is 4.84. The molecule has 112 valence electrons. The molecule has 1 aromatic carbocycles. The number of hydrogen-bond acceptors (Lipinski definition) is 2. The zero-order chi connectivity index (χ0) is 14.8. The van der Waals surface area contributed by atoms with Gasteiger partial charge in [-0.05, 0) is 30.4 Å². The van der Waals surface area contributed by atoms with E-state index in [0.29, 0.717) is 25.9 Å². The van der Waals surface area contributed by atoms with Crippen LogP contribution in [-0.4, -0.2) is 28.4 Å². The lowest BCUT2D eigenvalue weighted by Gasteiger charge is -2.35. The maximum Gasteiger partial charge on any atom is 0.307 e. The van der Waals surface area contributed by atoms with Gasteiger partial charge in [0.05, 0.1) is 11.8 Å². The van der Waals surface area contributed by atoms with Crippen molar-refractivity contribution in [3.8, 4) is 0 Å². The van der Waals surface area contributed by atoms with Crippen LogP contribution in [0, 0.1) is 11.8 Å². The molecule has 1 aromatic rings. The van der Waals surface area contributed by atoms with Crippen LogP contribution in [0.15, 0.2) is 24.3 Å². The van der Waals surface area contributed by atoms with Gasteiger partial charge >= 0.3 is 5.97 Å². The Balaban J connectivity index is 1.75. The van der Waals surface area contributed by atoms with E-state index in [2.05, 4.69) is 12.1 Å². The van der Waals surface area contributed by atoms with E-state index in [1.807, 2.05) is 17.0 Å². The molecule has 2 atom stereocenters. The first-order valence-electron chi connectivity index (χ1n) is 7.75. The largest absolute Gasteiger partial charge is 0.481 e. The van der Waals surface area contributed by atoms with Gasteiger partial charge in [-0.25, -0.2) is 0 Å². The minimum absolute atomic E-state index is 0.0385. The van der Waals surface area contributed by atoms with Crippen molar-refractivity contribution in [1.29, 1.82) is 0 Å². The van der Waals surface area contributed by atoms with Crippen LogP contribution in [0.2, 0.25) is 0 Å². The molecular formula is C17H21NO3. The van der Waals surface area contributed by atoms with Crippen molar-refractivity contribution in [2.45, 2.75) is 38.6 Å². The summed E-state index contributed by atoms with van der Waals surface area (Å²) >= 11 is 0. The molecule has 1 saturated carbocycles. The molecule has 1 aliphatic heterocycles. The van der Waals surface area contributed by atoms with Crippen LogP contribution in [-0.2, 0) is 22.6 Å². The van der Waals surface area contributed by atoms with Crippen molar-refractivity contribution in [1.82, 2.24) is 4.90 Å². The highest BCUT2D eigenvalue weighted by atomic mass is 16.4. The quantitative estimate of drug-likeness (QED) is 0.909. The van der Waals surface area contributed by atoms with E-state index in [-0.39, 0.29) is 11.8 Å². The zero-order valence-electron chi connectivity index (χ0n) is 12.1. The van der Waals surface area contributed by atoms with Crippen LogP contribution in [0.4, 0.5) is 0 Å². The van der Waals surface area contributed by atoms with Crippen LogP contribution < -0.4 is 0 Å². The minimum atomic E-state index is -0.814. The smallest absolute Gasteiger partial charge is 0.307 e. The molecule has 0 spiro atoms. The lowest BCUT2D eigenvalue weighted by Crippen LogP contribution is -2.44. The highest BCUT2D eigenvalue weighted by molar-refractivity contribution is 5.85. The number of fused-ring (bicyclic) bond motifs is 1. The number of rotatable bonds is 2. The second-order valence-electron chi connectivity index (χ2n) is 6.11. The number of carbonyl (C=O) groups excluding carboxylic acids is 1. The molecule has 3 rings (SSSR count). The number of carboxylic acids is 1. The molecule has 1 unspecified atom stereocenters. The second-order valence-corrected chi connectivity index (χ2v) is 6.11. The Bertz CT molecular complexity index is 555. The maximum atomic E-state index is 12.7. The van der Waals surface area contributed by atoms with Gasteiger partial charge in [0.25, 0.3) is 0 Å². The van der Waals surface area contributed by atoms with Gasteiger partial charge < -0.3 is 10.0 Å². The molecule has 1 heterocycles. The Morgan fingerprint density at radius 3 is 2.43 bits per heavy atom. The summed E-state index contributed by atoms with van der Waals surface area (Å²) < 4.78 is 0. The van der Waals surface area contributed by atoms with Crippen LogP contribution >= 0.6 is 0 Å². The van der Waals surface area contributed by atoms with Gasteiger partial charge in [0.2, 0.25) is 5.91 Å². The molecule has 0 radical (unpaired) electrons. The van der Waals surface area contributed by atoms with Crippen LogP contribution in [0.5, 0.6) is 0 Å². The number of carboxylic acid groups (broad SMARTS) is 1. The SMILES string of the molecule is O=C(O)[C@H]1CCCCC1C(=O)N1CCc2ccccc2C1. The monoisotopic (exact) mass is 287 g/mol. The normalized spacial score (nSPS) is 25.2. The van der Waals surface area contributed by atoms with E-state index in [4.69, 9.17) is 0 Å². The molecule has 4 heteroatoms. The number of nitrogens with zero attached hydrogens (tertiary/aromatic N) is 1. The van der Waals surface area contributed by atoms with E-state index in [1.54, 1.807) is 0 Å². The predicted octanol–water partition coefficient (Wildman–Crippen LogP) is 2.46. The number of hydrogen-bond donors (Lipinski definition) is 1. The molecule has 0 aromatic heterocycles. The number of amides is 1. The van der Waals surface area contributed by atoms with Crippen LogP contribution in [0.1, 0.15) is 36.8 Å². The van der Waals surface area contributed by atoms with Crippen molar-refractivity contribution >= 4 is 11.9 Å². The molecular weight excluding hydrogens is 266 g/mol. The molecule has 0 saturated heterocycles. The highest BCUT2D eigenvalue weighted by Crippen LogP contribution is 2.33. The fraction of sp³-hybridized carbons (Fsp3) is 0.529. The topological polar surface area (TPSA) is 57.6 Å². The fourth-order valence-electron chi connectivity index (χ4n) is 3.64. The van der Waals surface area contributed by atoms with Gasteiger partial charge in [-0.15, -0.1) is 0 Å². The summed E-state index contributed by atoms with van der Waals surface area (Å²) in [6, 6.07) is 8.19. The average molecular weight is 287 g/mol. The van der Waals surface area contributed by atoms with Gasteiger partial charge in [-0.2, -0.15) is 0 Å². The van der Waals surface area contributed by atoms with Gasteiger partial charge in [0, 0.05) is 13.1 Å². The third kappa shape index (κ3) is 2.80. The first kappa shape index (κ1) is 14.1. The highest BCUT2D eigenvalue weighted by Gasteiger charge is 2.38. The van der Waals surface area contributed by atoms with E-state index in [1.165, 1.54) is 11.1 Å². The van der Waals surface area contributed by atoms with E-state index in [0.717, 1.165) is 19.3 Å². The lowest BCUT2D eigenvalue weighted by molar-refractivity contribution is -0.152. The Labute approximate surface area is 124 Å². The lowest BCUT2D eigenvalue weighted by atomic mass is 9.78. The van der Waals surface area contributed by atoms with Crippen molar-refractivity contribution in [3.63, 3.8) is 0 Å². The van der Waals surface area contributed by atoms with Gasteiger partial charge in [-0.3, -0.25) is 9.59 Å². The van der Waals surface area contributed by atoms with Crippen molar-refractivity contribution in [3.05, 3.63) is 35.4 Å². The molecule has 1 fully saturated rings. The molecule has 21 heavy (non-hydrogen) atoms. The van der Waals surface area contributed by atoms with Crippen molar-refractivity contribution < 1.29 is 14.7 Å². The molecule has 4 nitrogen and oxygen atoms in total. The number of benzene rings is 1. The third-order valence-electron chi connectivity index (χ3n) is 4.84. The molecule has 1 N–H and O–H groups in total. The summed E-state index contributed by atoms with van der Waals surface area (Å²) in [6.45, 7) is 1.33. The Morgan fingerprint density at radius 2 is 1.71 bits per heavy atom. The number of aliphatic carboxylic acids is 1. The Hall–Kier alpha value is -1.84. The van der Waals surface area contributed by atoms with E-state index >= 15 is 0 Å². The summed E-state index contributed by atoms with van der Waals surface area (Å²) in [5, 5.41) is 9.34. The van der Waals surface area contributed by atoms with Gasteiger partial charge in [0.15, 0.2) is 0 Å². The molecule has 1 amide bonds. The summed E-state index contributed by atoms with van der Waals surface area (Å²) in [5.74, 6) is -1.60. The minimum Gasteiger partial charge on any atom is -0.481 e.